The highest BCUT2D eigenvalue weighted by molar-refractivity contribution is 7.92. The Morgan fingerprint density at radius 3 is 2.12 bits per heavy atom. The second-order valence-corrected chi connectivity index (χ2v) is 10.7. The van der Waals surface area contributed by atoms with Crippen LogP contribution in [0.2, 0.25) is 0 Å². The summed E-state index contributed by atoms with van der Waals surface area (Å²) in [6.45, 7) is -0.245. The second-order valence-electron chi connectivity index (χ2n) is 8.03. The van der Waals surface area contributed by atoms with E-state index in [9.17, 15) is 43.5 Å². The molecular weight excluding hydrogens is 520 g/mol. The van der Waals surface area contributed by atoms with Gasteiger partial charge in [0.1, 0.15) is 10.6 Å². The number of benzene rings is 2. The van der Waals surface area contributed by atoms with Crippen LogP contribution in [0.3, 0.4) is 0 Å². The Kier molecular flexibility index (Phi) is 5.65. The molecule has 0 radical (unpaired) electrons. The van der Waals surface area contributed by atoms with Crippen molar-refractivity contribution in [3.05, 3.63) is 59.4 Å². The molecule has 2 unspecified atom stereocenters. The summed E-state index contributed by atoms with van der Waals surface area (Å²) in [6.07, 6.45) is -12.8. The largest absolute Gasteiger partial charge is 0.435 e. The molecule has 2 atom stereocenters. The standard InChI is InChI=1S/C20H15ClF8N2O2S/c21-31-8-7-17(34(32,33)13-4-2-12(22)3-5-13)14-6-1-11(9-15(14)30-10-16(17)31)18(23,19(24,25)26)20(27,28)29/h1-6,9,16,30H,7-8,10H2. The Hall–Kier alpha value is -2.12. The molecule has 2 aromatic carbocycles. The van der Waals surface area contributed by atoms with Crippen LogP contribution in [0.1, 0.15) is 17.5 Å². The Morgan fingerprint density at radius 1 is 0.971 bits per heavy atom. The summed E-state index contributed by atoms with van der Waals surface area (Å²) in [5, 5.41) is 2.59. The van der Waals surface area contributed by atoms with Crippen LogP contribution in [0.5, 0.6) is 0 Å². The number of nitrogens with zero attached hydrogens (tertiary/aromatic N) is 1. The van der Waals surface area contributed by atoms with Crippen LogP contribution >= 0.6 is 11.8 Å². The first kappa shape index (κ1) is 25.0. The van der Waals surface area contributed by atoms with Gasteiger partial charge in [0.2, 0.25) is 0 Å². The fourth-order valence-electron chi connectivity index (χ4n) is 4.65. The van der Waals surface area contributed by atoms with Gasteiger partial charge in [0, 0.05) is 24.3 Å². The zero-order valence-corrected chi connectivity index (χ0v) is 18.4. The molecule has 0 spiro atoms. The quantitative estimate of drug-likeness (QED) is 0.324. The smallest absolute Gasteiger partial charge is 0.383 e. The lowest BCUT2D eigenvalue weighted by Crippen LogP contribution is -2.53. The Bertz CT molecular complexity index is 1200. The van der Waals surface area contributed by atoms with Gasteiger partial charge in [-0.2, -0.15) is 26.3 Å². The lowest BCUT2D eigenvalue weighted by Gasteiger charge is -2.42. The topological polar surface area (TPSA) is 49.4 Å². The van der Waals surface area contributed by atoms with E-state index in [1.807, 2.05) is 0 Å². The third-order valence-corrected chi connectivity index (χ3v) is 9.27. The molecule has 0 bridgehead atoms. The molecule has 34 heavy (non-hydrogen) atoms. The molecule has 2 aliphatic rings. The molecule has 1 N–H and O–H groups in total. The maximum Gasteiger partial charge on any atom is 0.435 e. The fraction of sp³-hybridized carbons (Fsp3) is 0.400. The molecule has 0 aromatic heterocycles. The van der Waals surface area contributed by atoms with E-state index in [1.165, 1.54) is 4.42 Å². The van der Waals surface area contributed by atoms with Crippen molar-refractivity contribution in [3.8, 4) is 0 Å². The summed E-state index contributed by atoms with van der Waals surface area (Å²) < 4.78 is 134. The van der Waals surface area contributed by atoms with Gasteiger partial charge >= 0.3 is 18.0 Å². The summed E-state index contributed by atoms with van der Waals surface area (Å²) >= 11 is 6.20. The zero-order chi connectivity index (χ0) is 25.3. The minimum Gasteiger partial charge on any atom is -0.383 e. The Balaban J connectivity index is 1.94. The van der Waals surface area contributed by atoms with Crippen molar-refractivity contribution in [2.24, 2.45) is 0 Å². The van der Waals surface area contributed by atoms with Gasteiger partial charge in [0.15, 0.2) is 9.84 Å². The van der Waals surface area contributed by atoms with Gasteiger partial charge in [-0.1, -0.05) is 12.1 Å². The third kappa shape index (κ3) is 3.30. The van der Waals surface area contributed by atoms with Crippen LogP contribution < -0.4 is 5.32 Å². The van der Waals surface area contributed by atoms with E-state index in [0.717, 1.165) is 30.3 Å². The second kappa shape index (κ2) is 7.69. The van der Waals surface area contributed by atoms with Gasteiger partial charge in [0.05, 0.1) is 10.9 Å². The number of hydrogen-bond donors (Lipinski definition) is 1. The summed E-state index contributed by atoms with van der Waals surface area (Å²) in [5.41, 5.74) is -7.98. The van der Waals surface area contributed by atoms with E-state index in [2.05, 4.69) is 5.32 Å². The van der Waals surface area contributed by atoms with Crippen LogP contribution in [0.4, 0.5) is 40.8 Å². The van der Waals surface area contributed by atoms with Crippen molar-refractivity contribution >= 4 is 27.3 Å². The van der Waals surface area contributed by atoms with E-state index in [4.69, 9.17) is 11.8 Å². The van der Waals surface area contributed by atoms with Gasteiger partial charge in [-0.05, 0) is 54.1 Å². The number of alkyl halides is 7. The van der Waals surface area contributed by atoms with Gasteiger partial charge in [-0.3, -0.25) is 0 Å². The third-order valence-electron chi connectivity index (χ3n) is 6.32. The number of rotatable bonds is 3. The zero-order valence-electron chi connectivity index (χ0n) is 16.8. The maximum absolute atomic E-state index is 14.6. The van der Waals surface area contributed by atoms with Crippen molar-refractivity contribution in [2.75, 3.05) is 18.4 Å². The summed E-state index contributed by atoms with van der Waals surface area (Å²) in [7, 11) is -4.40. The van der Waals surface area contributed by atoms with Crippen LogP contribution in [0, 0.1) is 5.82 Å². The van der Waals surface area contributed by atoms with Gasteiger partial charge < -0.3 is 5.32 Å². The van der Waals surface area contributed by atoms with E-state index in [0.29, 0.717) is 6.07 Å². The molecule has 0 amide bonds. The molecule has 0 aliphatic carbocycles. The predicted molar refractivity (Wildman–Crippen MR) is 106 cm³/mol. The lowest BCUT2D eigenvalue weighted by molar-refractivity contribution is -0.348. The van der Waals surface area contributed by atoms with Crippen molar-refractivity contribution in [1.82, 2.24) is 4.42 Å². The van der Waals surface area contributed by atoms with Crippen LogP contribution in [-0.4, -0.2) is 44.3 Å². The predicted octanol–water partition coefficient (Wildman–Crippen LogP) is 5.44. The van der Waals surface area contributed by atoms with Crippen molar-refractivity contribution < 1.29 is 43.5 Å². The van der Waals surface area contributed by atoms with Crippen molar-refractivity contribution in [3.63, 3.8) is 0 Å². The number of hydrogen-bond acceptors (Lipinski definition) is 4. The molecule has 4 rings (SSSR count). The molecule has 186 valence electrons. The van der Waals surface area contributed by atoms with E-state index < -0.39 is 55.7 Å². The first-order valence-corrected chi connectivity index (χ1v) is 11.5. The molecule has 1 saturated heterocycles. The van der Waals surface area contributed by atoms with Crippen molar-refractivity contribution in [1.29, 1.82) is 0 Å². The minimum atomic E-state index is -6.32. The minimum absolute atomic E-state index is 0.0215. The van der Waals surface area contributed by atoms with E-state index >= 15 is 0 Å². The number of sulfone groups is 1. The SMILES string of the molecule is O=S(=O)(c1ccc(F)cc1)C12CCN(Cl)C1CNc1cc(C(F)(C(F)(F)F)C(F)(F)F)ccc12. The van der Waals surface area contributed by atoms with E-state index in [1.54, 1.807) is 0 Å². The fourth-order valence-corrected chi connectivity index (χ4v) is 7.34. The van der Waals surface area contributed by atoms with Gasteiger partial charge in [-0.25, -0.2) is 21.6 Å². The van der Waals surface area contributed by atoms with Crippen LogP contribution in [-0.2, 0) is 20.3 Å². The average Bonchev–Trinajstić information content (AvgIpc) is 3.10. The monoisotopic (exact) mass is 534 g/mol. The number of fused-ring (bicyclic) bond motifs is 3. The molecule has 14 heteroatoms. The van der Waals surface area contributed by atoms with Crippen LogP contribution in [0.15, 0.2) is 47.4 Å². The molecular formula is C20H15ClF8N2O2S. The maximum atomic E-state index is 14.6. The summed E-state index contributed by atoms with van der Waals surface area (Å²) in [5.74, 6) is -0.715. The Morgan fingerprint density at radius 2 is 1.56 bits per heavy atom. The van der Waals surface area contributed by atoms with Gasteiger partial charge in [0.25, 0.3) is 0 Å². The molecule has 2 aromatic rings. The van der Waals surface area contributed by atoms with Gasteiger partial charge in [-0.15, -0.1) is 0 Å². The highest BCUT2D eigenvalue weighted by Crippen LogP contribution is 2.56. The first-order chi connectivity index (χ1) is 15.6. The molecule has 0 saturated carbocycles. The molecule has 1 fully saturated rings. The first-order valence-electron chi connectivity index (χ1n) is 9.71. The number of nitrogens with one attached hydrogen (secondary N) is 1. The van der Waals surface area contributed by atoms with E-state index in [-0.39, 0.29) is 36.0 Å². The summed E-state index contributed by atoms with van der Waals surface area (Å²) in [6, 6.07) is 4.19. The molecule has 2 aliphatic heterocycles. The lowest BCUT2D eigenvalue weighted by atomic mass is 9.83. The number of halogens is 9. The molecule has 4 nitrogen and oxygen atoms in total. The molecule has 2 heterocycles. The number of anilines is 1. The normalized spacial score (nSPS) is 23.9. The van der Waals surface area contributed by atoms with Crippen molar-refractivity contribution in [2.45, 2.75) is 40.1 Å². The highest BCUT2D eigenvalue weighted by atomic mass is 35.5. The van der Waals surface area contributed by atoms with Crippen LogP contribution in [0.25, 0.3) is 0 Å². The highest BCUT2D eigenvalue weighted by Gasteiger charge is 2.73. The summed E-state index contributed by atoms with van der Waals surface area (Å²) in [4.78, 5) is -0.312. The Labute approximate surface area is 193 Å². The average molecular weight is 535 g/mol.